The Balaban J connectivity index is 2.67. The molecule has 0 atom stereocenters. The molecule has 0 amide bonds. The molecule has 4 heteroatoms. The van der Waals surface area contributed by atoms with Crippen LogP contribution in [0, 0.1) is 0 Å². The number of benzene rings is 1. The van der Waals surface area contributed by atoms with E-state index in [0.29, 0.717) is 18.6 Å². The summed E-state index contributed by atoms with van der Waals surface area (Å²) in [7, 11) is 0. The Morgan fingerprint density at radius 3 is 2.56 bits per heavy atom. The third-order valence-corrected chi connectivity index (χ3v) is 1.69. The molecule has 0 N–H and O–H groups in total. The molecule has 0 radical (unpaired) electrons. The maximum absolute atomic E-state index is 11.4. The average molecular weight is 220 g/mol. The molecule has 84 valence electrons. The van der Waals surface area contributed by atoms with E-state index in [1.165, 1.54) is 0 Å². The lowest BCUT2D eigenvalue weighted by Gasteiger charge is -2.03. The van der Waals surface area contributed by atoms with Crippen molar-refractivity contribution in [2.75, 3.05) is 6.61 Å². The van der Waals surface area contributed by atoms with Gasteiger partial charge in [0.15, 0.2) is 6.29 Å². The van der Waals surface area contributed by atoms with Gasteiger partial charge in [-0.1, -0.05) is 18.2 Å². The van der Waals surface area contributed by atoms with Crippen molar-refractivity contribution >= 4 is 12.3 Å². The van der Waals surface area contributed by atoms with Crippen LogP contribution in [0.2, 0.25) is 0 Å². The summed E-state index contributed by atoms with van der Waals surface area (Å²) in [6, 6.07) is 8.51. The molecule has 0 aliphatic heterocycles. The molecular weight excluding hydrogens is 208 g/mol. The molecule has 1 rings (SSSR count). The molecule has 0 heterocycles. The summed E-state index contributed by atoms with van der Waals surface area (Å²) in [4.78, 5) is 22.0. The van der Waals surface area contributed by atoms with E-state index in [1.54, 1.807) is 37.3 Å². The summed E-state index contributed by atoms with van der Waals surface area (Å²) in [5.41, 5.74) is -0.147. The minimum Gasteiger partial charge on any atom is -0.500 e. The van der Waals surface area contributed by atoms with E-state index in [4.69, 9.17) is 9.47 Å². The molecule has 16 heavy (non-hydrogen) atoms. The highest BCUT2D eigenvalue weighted by molar-refractivity contribution is 6.08. The Labute approximate surface area is 93.5 Å². The Bertz CT molecular complexity index is 381. The first-order chi connectivity index (χ1) is 7.77. The first-order valence-electron chi connectivity index (χ1n) is 4.82. The molecule has 0 saturated carbocycles. The fourth-order valence-corrected chi connectivity index (χ4v) is 0.952. The topological polar surface area (TPSA) is 52.6 Å². The van der Waals surface area contributed by atoms with Gasteiger partial charge < -0.3 is 9.47 Å². The summed E-state index contributed by atoms with van der Waals surface area (Å²) in [6.45, 7) is 2.14. The normalized spacial score (nSPS) is 10.7. The van der Waals surface area contributed by atoms with Crippen LogP contribution in [-0.2, 0) is 14.3 Å². The van der Waals surface area contributed by atoms with Crippen LogP contribution >= 0.6 is 0 Å². The van der Waals surface area contributed by atoms with E-state index >= 15 is 0 Å². The van der Waals surface area contributed by atoms with E-state index < -0.39 is 5.97 Å². The van der Waals surface area contributed by atoms with Gasteiger partial charge in [0.25, 0.3) is 0 Å². The van der Waals surface area contributed by atoms with Crippen LogP contribution in [0.15, 0.2) is 42.2 Å². The van der Waals surface area contributed by atoms with E-state index in [-0.39, 0.29) is 5.57 Å². The number of para-hydroxylation sites is 1. The van der Waals surface area contributed by atoms with Gasteiger partial charge in [0.2, 0.25) is 0 Å². The lowest BCUT2D eigenvalue weighted by Crippen LogP contribution is -2.12. The Hall–Kier alpha value is -2.10. The van der Waals surface area contributed by atoms with Crippen molar-refractivity contribution in [3.8, 4) is 5.75 Å². The maximum atomic E-state index is 11.4. The van der Waals surface area contributed by atoms with Crippen LogP contribution in [-0.4, -0.2) is 18.9 Å². The predicted octanol–water partition coefficient (Wildman–Crippen LogP) is 1.71. The lowest BCUT2D eigenvalue weighted by atomic mass is 10.3. The highest BCUT2D eigenvalue weighted by atomic mass is 16.5. The molecule has 0 bridgehead atoms. The van der Waals surface area contributed by atoms with Crippen LogP contribution in [0.3, 0.4) is 0 Å². The first kappa shape index (κ1) is 12.0. The molecule has 0 aliphatic rings. The van der Waals surface area contributed by atoms with E-state index in [2.05, 4.69) is 0 Å². The van der Waals surface area contributed by atoms with Gasteiger partial charge in [-0.2, -0.15) is 0 Å². The zero-order chi connectivity index (χ0) is 11.8. The number of esters is 1. The third kappa shape index (κ3) is 3.57. The highest BCUT2D eigenvalue weighted by Crippen LogP contribution is 2.10. The van der Waals surface area contributed by atoms with Crippen LogP contribution in [0.25, 0.3) is 0 Å². The van der Waals surface area contributed by atoms with Gasteiger partial charge >= 0.3 is 5.97 Å². The summed E-state index contributed by atoms with van der Waals surface area (Å²) in [5, 5.41) is 0. The Morgan fingerprint density at radius 2 is 2.00 bits per heavy atom. The fraction of sp³-hybridized carbons (Fsp3) is 0.167. The van der Waals surface area contributed by atoms with Crippen LogP contribution in [0.4, 0.5) is 0 Å². The van der Waals surface area contributed by atoms with Gasteiger partial charge in [-0.05, 0) is 19.1 Å². The van der Waals surface area contributed by atoms with Gasteiger partial charge in [0.05, 0.1) is 6.61 Å². The standard InChI is InChI=1S/C12H12O4/c1-2-15-9-10(8-13)12(14)16-11-6-4-3-5-7-11/h3-9H,2H2,1H3. The lowest BCUT2D eigenvalue weighted by molar-refractivity contribution is -0.131. The van der Waals surface area contributed by atoms with Crippen molar-refractivity contribution in [2.24, 2.45) is 0 Å². The monoisotopic (exact) mass is 220 g/mol. The van der Waals surface area contributed by atoms with E-state index in [0.717, 1.165) is 6.26 Å². The van der Waals surface area contributed by atoms with Crippen molar-refractivity contribution in [2.45, 2.75) is 6.92 Å². The SMILES string of the molecule is CCOC=C(C=O)C(=O)Oc1ccccc1. The third-order valence-electron chi connectivity index (χ3n) is 1.69. The number of hydrogen-bond donors (Lipinski definition) is 0. The van der Waals surface area contributed by atoms with Crippen molar-refractivity contribution < 1.29 is 19.1 Å². The van der Waals surface area contributed by atoms with E-state index in [1.807, 2.05) is 0 Å². The van der Waals surface area contributed by atoms with Crippen molar-refractivity contribution in [3.05, 3.63) is 42.2 Å². The number of rotatable bonds is 5. The molecule has 0 aliphatic carbocycles. The second-order valence-corrected chi connectivity index (χ2v) is 2.85. The Morgan fingerprint density at radius 1 is 1.31 bits per heavy atom. The zero-order valence-corrected chi connectivity index (χ0v) is 8.88. The molecular formula is C12H12O4. The maximum Gasteiger partial charge on any atom is 0.350 e. The minimum atomic E-state index is -0.727. The van der Waals surface area contributed by atoms with Gasteiger partial charge in [-0.3, -0.25) is 4.79 Å². The van der Waals surface area contributed by atoms with E-state index in [9.17, 15) is 9.59 Å². The van der Waals surface area contributed by atoms with Gasteiger partial charge in [-0.25, -0.2) is 4.79 Å². The molecule has 0 fully saturated rings. The predicted molar refractivity (Wildman–Crippen MR) is 57.9 cm³/mol. The largest absolute Gasteiger partial charge is 0.500 e. The number of ether oxygens (including phenoxy) is 2. The van der Waals surface area contributed by atoms with Gasteiger partial charge in [0, 0.05) is 0 Å². The van der Waals surface area contributed by atoms with Gasteiger partial charge in [0.1, 0.15) is 17.6 Å². The minimum absolute atomic E-state index is 0.147. The second-order valence-electron chi connectivity index (χ2n) is 2.85. The summed E-state index contributed by atoms with van der Waals surface area (Å²) in [5.74, 6) is -0.341. The van der Waals surface area contributed by atoms with Crippen LogP contribution < -0.4 is 4.74 Å². The molecule has 0 saturated heterocycles. The highest BCUT2D eigenvalue weighted by Gasteiger charge is 2.11. The molecule has 1 aromatic rings. The van der Waals surface area contributed by atoms with Crippen molar-refractivity contribution in [1.29, 1.82) is 0 Å². The number of hydrogen-bond acceptors (Lipinski definition) is 4. The van der Waals surface area contributed by atoms with Crippen LogP contribution in [0.5, 0.6) is 5.75 Å². The van der Waals surface area contributed by atoms with Gasteiger partial charge in [-0.15, -0.1) is 0 Å². The number of aldehydes is 1. The molecule has 0 aromatic heterocycles. The molecule has 1 aromatic carbocycles. The van der Waals surface area contributed by atoms with Crippen molar-refractivity contribution in [3.63, 3.8) is 0 Å². The quantitative estimate of drug-likeness (QED) is 0.144. The average Bonchev–Trinajstić information content (AvgIpc) is 2.31. The number of carbonyl (C=O) groups is 2. The zero-order valence-electron chi connectivity index (χ0n) is 8.88. The molecule has 0 spiro atoms. The summed E-state index contributed by atoms with van der Waals surface area (Å²) >= 11 is 0. The first-order valence-corrected chi connectivity index (χ1v) is 4.82. The molecule has 4 nitrogen and oxygen atoms in total. The second kappa shape index (κ2) is 6.40. The summed E-state index contributed by atoms with van der Waals surface area (Å²) < 4.78 is 9.80. The van der Waals surface area contributed by atoms with Crippen molar-refractivity contribution in [1.82, 2.24) is 0 Å². The Kier molecular flexibility index (Phi) is 4.79. The smallest absolute Gasteiger partial charge is 0.350 e. The van der Waals surface area contributed by atoms with Crippen LogP contribution in [0.1, 0.15) is 6.92 Å². The number of carbonyl (C=O) groups excluding carboxylic acids is 2. The fourth-order valence-electron chi connectivity index (χ4n) is 0.952. The molecule has 0 unspecified atom stereocenters. The summed E-state index contributed by atoms with van der Waals surface area (Å²) in [6.07, 6.45) is 1.50.